The largest absolute Gasteiger partial charge is 0.479 e. The molecule has 3 rings (SSSR count). The van der Waals surface area contributed by atoms with E-state index in [2.05, 4.69) is 10.3 Å². The van der Waals surface area contributed by atoms with Crippen molar-refractivity contribution in [2.45, 2.75) is 32.7 Å². The van der Waals surface area contributed by atoms with E-state index in [0.29, 0.717) is 23.5 Å². The summed E-state index contributed by atoms with van der Waals surface area (Å²) in [6.45, 7) is 3.76. The molecule has 2 N–H and O–H groups in total. The van der Waals surface area contributed by atoms with Crippen molar-refractivity contribution in [2.24, 2.45) is 0 Å². The Morgan fingerprint density at radius 2 is 1.92 bits per heavy atom. The second-order valence-electron chi connectivity index (χ2n) is 6.20. The number of benzene rings is 2. The van der Waals surface area contributed by atoms with Crippen LogP contribution in [0.1, 0.15) is 35.0 Å². The number of carbonyl (C=O) groups excluding carboxylic acids is 1. The van der Waals surface area contributed by atoms with Gasteiger partial charge in [-0.05, 0) is 42.7 Å². The molecule has 6 nitrogen and oxygen atoms in total. The van der Waals surface area contributed by atoms with Gasteiger partial charge in [0.25, 0.3) is 0 Å². The number of oxazole rings is 1. The molecule has 1 atom stereocenters. The van der Waals surface area contributed by atoms with Crippen LogP contribution in [0, 0.1) is 13.8 Å². The molecule has 134 valence electrons. The third-order valence-corrected chi connectivity index (χ3v) is 4.41. The summed E-state index contributed by atoms with van der Waals surface area (Å²) in [5, 5.41) is 12.1. The van der Waals surface area contributed by atoms with Crippen LogP contribution in [0.4, 0.5) is 0 Å². The molecular weight excluding hydrogens is 332 g/mol. The first-order chi connectivity index (χ1) is 12.5. The zero-order valence-corrected chi connectivity index (χ0v) is 14.7. The summed E-state index contributed by atoms with van der Waals surface area (Å²) >= 11 is 0. The number of amides is 1. The minimum Gasteiger partial charge on any atom is -0.479 e. The van der Waals surface area contributed by atoms with Crippen LogP contribution in [-0.4, -0.2) is 22.0 Å². The van der Waals surface area contributed by atoms with E-state index in [9.17, 15) is 14.7 Å². The molecule has 1 amide bonds. The second-order valence-corrected chi connectivity index (χ2v) is 6.20. The number of nitrogens with one attached hydrogen (secondary N) is 1. The quantitative estimate of drug-likeness (QED) is 0.710. The van der Waals surface area contributed by atoms with Crippen molar-refractivity contribution in [2.75, 3.05) is 0 Å². The highest BCUT2D eigenvalue weighted by molar-refractivity contribution is 5.85. The molecule has 2 aromatic carbocycles. The number of carboxylic acids is 1. The highest BCUT2D eigenvalue weighted by Crippen LogP contribution is 2.21. The Morgan fingerprint density at radius 1 is 1.15 bits per heavy atom. The van der Waals surface area contributed by atoms with E-state index in [0.717, 1.165) is 16.6 Å². The van der Waals surface area contributed by atoms with Crippen LogP contribution >= 0.6 is 0 Å². The molecular formula is C20H20N2O4. The van der Waals surface area contributed by atoms with Gasteiger partial charge < -0.3 is 14.8 Å². The third kappa shape index (κ3) is 3.74. The van der Waals surface area contributed by atoms with Gasteiger partial charge in [0.05, 0.1) is 0 Å². The predicted octanol–water partition coefficient (Wildman–Crippen LogP) is 3.32. The molecule has 0 aliphatic rings. The van der Waals surface area contributed by atoms with E-state index in [1.54, 1.807) is 12.1 Å². The predicted molar refractivity (Wildman–Crippen MR) is 96.8 cm³/mol. The number of fused-ring (bicyclic) bond motifs is 1. The van der Waals surface area contributed by atoms with Crippen molar-refractivity contribution in [1.82, 2.24) is 10.3 Å². The highest BCUT2D eigenvalue weighted by Gasteiger charge is 2.24. The summed E-state index contributed by atoms with van der Waals surface area (Å²) < 4.78 is 5.58. The Hall–Kier alpha value is -3.15. The zero-order valence-electron chi connectivity index (χ0n) is 14.7. The summed E-state index contributed by atoms with van der Waals surface area (Å²) in [5.74, 6) is -0.991. The minimum absolute atomic E-state index is 0.0987. The lowest BCUT2D eigenvalue weighted by Crippen LogP contribution is -2.34. The summed E-state index contributed by atoms with van der Waals surface area (Å²) in [5.41, 5.74) is 3.84. The summed E-state index contributed by atoms with van der Waals surface area (Å²) in [7, 11) is 0. The van der Waals surface area contributed by atoms with Gasteiger partial charge in [0.2, 0.25) is 5.91 Å². The van der Waals surface area contributed by atoms with Gasteiger partial charge in [-0.25, -0.2) is 9.78 Å². The Labute approximate surface area is 150 Å². The molecule has 0 fully saturated rings. The van der Waals surface area contributed by atoms with Gasteiger partial charge in [0, 0.05) is 12.8 Å². The number of aromatic nitrogens is 1. The smallest absolute Gasteiger partial charge is 0.330 e. The molecule has 6 heteroatoms. The van der Waals surface area contributed by atoms with Gasteiger partial charge in [-0.1, -0.05) is 30.3 Å². The van der Waals surface area contributed by atoms with Crippen LogP contribution in [0.25, 0.3) is 11.1 Å². The van der Waals surface area contributed by atoms with E-state index in [1.807, 2.05) is 44.2 Å². The fraction of sp³-hybridized carbons (Fsp3) is 0.250. The van der Waals surface area contributed by atoms with Crippen LogP contribution in [0.2, 0.25) is 0 Å². The molecule has 1 unspecified atom stereocenters. The molecule has 0 aliphatic heterocycles. The topological polar surface area (TPSA) is 92.4 Å². The molecule has 0 radical (unpaired) electrons. The molecule has 26 heavy (non-hydrogen) atoms. The fourth-order valence-corrected chi connectivity index (χ4v) is 2.84. The number of nitrogens with zero attached hydrogens (tertiary/aromatic N) is 1. The minimum atomic E-state index is -1.09. The number of aliphatic carboxylic acids is 1. The maximum absolute atomic E-state index is 12.3. The van der Waals surface area contributed by atoms with Crippen molar-refractivity contribution < 1.29 is 19.1 Å². The monoisotopic (exact) mass is 352 g/mol. The van der Waals surface area contributed by atoms with Gasteiger partial charge in [0.15, 0.2) is 17.5 Å². The van der Waals surface area contributed by atoms with Gasteiger partial charge in [-0.3, -0.25) is 4.79 Å². The number of aryl methyl sites for hydroxylation is 2. The lowest BCUT2D eigenvalue weighted by Gasteiger charge is -2.18. The van der Waals surface area contributed by atoms with Gasteiger partial charge in [-0.15, -0.1) is 0 Å². The number of rotatable bonds is 6. The van der Waals surface area contributed by atoms with Crippen LogP contribution in [-0.2, 0) is 16.0 Å². The van der Waals surface area contributed by atoms with E-state index < -0.39 is 12.0 Å². The first-order valence-corrected chi connectivity index (χ1v) is 8.38. The molecule has 1 heterocycles. The van der Waals surface area contributed by atoms with Crippen molar-refractivity contribution >= 4 is 23.0 Å². The van der Waals surface area contributed by atoms with E-state index in [4.69, 9.17) is 4.42 Å². The fourth-order valence-electron chi connectivity index (χ4n) is 2.84. The summed E-state index contributed by atoms with van der Waals surface area (Å²) in [6.07, 6.45) is 0.404. The Kier molecular flexibility index (Phi) is 5.02. The van der Waals surface area contributed by atoms with Gasteiger partial charge >= 0.3 is 5.97 Å². The SMILES string of the molecule is Cc1cccc(C(NC(=O)CCc2nc3ccccc3o2)C(=O)O)c1C. The lowest BCUT2D eigenvalue weighted by atomic mass is 9.97. The van der Waals surface area contributed by atoms with Crippen LogP contribution in [0.3, 0.4) is 0 Å². The Bertz CT molecular complexity index is 928. The van der Waals surface area contributed by atoms with Crippen molar-refractivity contribution in [3.63, 3.8) is 0 Å². The van der Waals surface area contributed by atoms with E-state index in [1.165, 1.54) is 0 Å². The van der Waals surface area contributed by atoms with Crippen LogP contribution < -0.4 is 5.32 Å². The van der Waals surface area contributed by atoms with E-state index in [-0.39, 0.29) is 12.3 Å². The summed E-state index contributed by atoms with van der Waals surface area (Å²) in [4.78, 5) is 28.2. The lowest BCUT2D eigenvalue weighted by molar-refractivity contribution is -0.142. The zero-order chi connectivity index (χ0) is 18.7. The Morgan fingerprint density at radius 3 is 2.65 bits per heavy atom. The number of carbonyl (C=O) groups is 2. The standard InChI is InChI=1S/C20H20N2O4/c1-12-6-5-7-14(13(12)2)19(20(24)25)22-17(23)10-11-18-21-15-8-3-4-9-16(15)26-18/h3-9,19H,10-11H2,1-2H3,(H,22,23)(H,24,25). The van der Waals surface area contributed by atoms with Crippen molar-refractivity contribution in [3.8, 4) is 0 Å². The van der Waals surface area contributed by atoms with Gasteiger partial charge in [-0.2, -0.15) is 0 Å². The van der Waals surface area contributed by atoms with Crippen molar-refractivity contribution in [3.05, 3.63) is 65.0 Å². The number of carboxylic acid groups (broad SMARTS) is 1. The number of hydrogen-bond donors (Lipinski definition) is 2. The van der Waals surface area contributed by atoms with E-state index >= 15 is 0 Å². The average Bonchev–Trinajstić information content (AvgIpc) is 3.03. The van der Waals surface area contributed by atoms with Crippen LogP contribution in [0.5, 0.6) is 0 Å². The molecule has 1 aromatic heterocycles. The Balaban J connectivity index is 1.68. The first kappa shape index (κ1) is 17.7. The normalized spacial score (nSPS) is 12.1. The molecule has 0 aliphatic carbocycles. The van der Waals surface area contributed by atoms with Crippen LogP contribution in [0.15, 0.2) is 46.9 Å². The molecule has 0 bridgehead atoms. The number of para-hydroxylation sites is 2. The molecule has 3 aromatic rings. The molecule has 0 saturated heterocycles. The third-order valence-electron chi connectivity index (χ3n) is 4.41. The molecule has 0 spiro atoms. The van der Waals surface area contributed by atoms with Gasteiger partial charge in [0.1, 0.15) is 5.52 Å². The molecule has 0 saturated carbocycles. The second kappa shape index (κ2) is 7.39. The number of hydrogen-bond acceptors (Lipinski definition) is 4. The highest BCUT2D eigenvalue weighted by atomic mass is 16.4. The maximum atomic E-state index is 12.3. The maximum Gasteiger partial charge on any atom is 0.330 e. The summed E-state index contributed by atoms with van der Waals surface area (Å²) in [6, 6.07) is 11.7. The van der Waals surface area contributed by atoms with Crippen molar-refractivity contribution in [1.29, 1.82) is 0 Å². The first-order valence-electron chi connectivity index (χ1n) is 8.38. The average molecular weight is 352 g/mol.